The quantitative estimate of drug-likeness (QED) is 0.391. The number of rotatable bonds is 11. The Hall–Kier alpha value is -0.0400. The molecule has 2 aliphatic rings. The van der Waals surface area contributed by atoms with Gasteiger partial charge in [0.1, 0.15) is 0 Å². The van der Waals surface area contributed by atoms with Crippen molar-refractivity contribution in [2.24, 2.45) is 5.92 Å². The average Bonchev–Trinajstić information content (AvgIpc) is 2.56. The maximum absolute atomic E-state index is 2.87. The lowest BCUT2D eigenvalue weighted by Crippen LogP contribution is -2.46. The maximum Gasteiger partial charge on any atom is 0.0123 e. The molecule has 0 spiro atoms. The van der Waals surface area contributed by atoms with Crippen LogP contribution in [0.4, 0.5) is 0 Å². The van der Waals surface area contributed by atoms with E-state index in [-0.39, 0.29) is 0 Å². The number of nitrogens with zero attached hydrogens (tertiary/aromatic N) is 1. The first-order valence-electron chi connectivity index (χ1n) is 10.7. The Bertz CT molecular complexity index is 261. The molecule has 2 rings (SSSR count). The molecule has 22 heavy (non-hydrogen) atoms. The molecule has 2 atom stereocenters. The summed E-state index contributed by atoms with van der Waals surface area (Å²) in [4.78, 5) is 2.87. The van der Waals surface area contributed by atoms with Crippen LogP contribution < -0.4 is 0 Å². The maximum atomic E-state index is 2.87. The summed E-state index contributed by atoms with van der Waals surface area (Å²) < 4.78 is 0. The second kappa shape index (κ2) is 11.5. The van der Waals surface area contributed by atoms with Gasteiger partial charge in [-0.05, 0) is 51.1 Å². The SMILES string of the molecule is CCCCCCCCCCCCN1CCCC2CCCCC21. The van der Waals surface area contributed by atoms with Crippen LogP contribution in [0.3, 0.4) is 0 Å². The molecule has 0 radical (unpaired) electrons. The van der Waals surface area contributed by atoms with Crippen molar-refractivity contribution in [2.45, 2.75) is 116 Å². The monoisotopic (exact) mass is 307 g/mol. The number of fused-ring (bicyclic) bond motifs is 1. The number of hydrogen-bond donors (Lipinski definition) is 0. The Balaban J connectivity index is 1.44. The third-order valence-electron chi connectivity index (χ3n) is 6.16. The average molecular weight is 308 g/mol. The molecule has 1 heteroatoms. The lowest BCUT2D eigenvalue weighted by Gasteiger charge is -2.44. The molecule has 1 aliphatic carbocycles. The van der Waals surface area contributed by atoms with Crippen molar-refractivity contribution in [1.29, 1.82) is 0 Å². The van der Waals surface area contributed by atoms with Crippen LogP contribution in [-0.2, 0) is 0 Å². The van der Waals surface area contributed by atoms with Crippen LogP contribution in [0.15, 0.2) is 0 Å². The van der Waals surface area contributed by atoms with Crippen molar-refractivity contribution in [3.05, 3.63) is 0 Å². The predicted octanol–water partition coefficient (Wildman–Crippen LogP) is 6.56. The van der Waals surface area contributed by atoms with Gasteiger partial charge < -0.3 is 4.90 Å². The summed E-state index contributed by atoms with van der Waals surface area (Å²) in [6.07, 6.45) is 23.7. The molecule has 1 nitrogen and oxygen atoms in total. The zero-order valence-electron chi connectivity index (χ0n) is 15.3. The van der Waals surface area contributed by atoms with Crippen LogP contribution in [0, 0.1) is 5.92 Å². The zero-order chi connectivity index (χ0) is 15.5. The van der Waals surface area contributed by atoms with Crippen molar-refractivity contribution in [3.8, 4) is 0 Å². The Morgan fingerprint density at radius 1 is 0.682 bits per heavy atom. The highest BCUT2D eigenvalue weighted by atomic mass is 15.2. The van der Waals surface area contributed by atoms with Crippen LogP contribution in [-0.4, -0.2) is 24.0 Å². The number of hydrogen-bond acceptors (Lipinski definition) is 1. The van der Waals surface area contributed by atoms with Gasteiger partial charge in [0.05, 0.1) is 0 Å². The molecule has 0 aromatic heterocycles. The van der Waals surface area contributed by atoms with Crippen molar-refractivity contribution in [2.75, 3.05) is 13.1 Å². The van der Waals surface area contributed by atoms with Crippen LogP contribution in [0.2, 0.25) is 0 Å². The van der Waals surface area contributed by atoms with E-state index in [4.69, 9.17) is 0 Å². The Morgan fingerprint density at radius 3 is 2.00 bits per heavy atom. The van der Waals surface area contributed by atoms with E-state index in [2.05, 4.69) is 11.8 Å². The van der Waals surface area contributed by atoms with Gasteiger partial charge in [-0.1, -0.05) is 77.6 Å². The fourth-order valence-electron chi connectivity index (χ4n) is 4.81. The summed E-state index contributed by atoms with van der Waals surface area (Å²) in [5.74, 6) is 1.06. The molecule has 1 aliphatic heterocycles. The molecule has 1 saturated heterocycles. The fourth-order valence-corrected chi connectivity index (χ4v) is 4.81. The molecule has 0 aromatic rings. The van der Waals surface area contributed by atoms with Gasteiger partial charge in [-0.2, -0.15) is 0 Å². The first-order chi connectivity index (χ1) is 10.9. The van der Waals surface area contributed by atoms with Gasteiger partial charge in [-0.25, -0.2) is 0 Å². The fraction of sp³-hybridized carbons (Fsp3) is 1.00. The molecule has 1 heterocycles. The van der Waals surface area contributed by atoms with E-state index >= 15 is 0 Å². The number of unbranched alkanes of at least 4 members (excludes halogenated alkanes) is 9. The van der Waals surface area contributed by atoms with E-state index in [1.165, 1.54) is 116 Å². The van der Waals surface area contributed by atoms with Gasteiger partial charge in [0.25, 0.3) is 0 Å². The van der Waals surface area contributed by atoms with Crippen molar-refractivity contribution in [1.82, 2.24) is 4.90 Å². The van der Waals surface area contributed by atoms with E-state index < -0.39 is 0 Å². The van der Waals surface area contributed by atoms with Crippen LogP contribution in [0.1, 0.15) is 110 Å². The summed E-state index contributed by atoms with van der Waals surface area (Å²) in [5.41, 5.74) is 0. The zero-order valence-corrected chi connectivity index (χ0v) is 15.3. The highest BCUT2D eigenvalue weighted by molar-refractivity contribution is 4.87. The van der Waals surface area contributed by atoms with Gasteiger partial charge in [0.15, 0.2) is 0 Å². The summed E-state index contributed by atoms with van der Waals surface area (Å²) >= 11 is 0. The minimum atomic E-state index is 0.973. The largest absolute Gasteiger partial charge is 0.300 e. The van der Waals surface area contributed by atoms with Gasteiger partial charge in [-0.15, -0.1) is 0 Å². The lowest BCUT2D eigenvalue weighted by atomic mass is 9.78. The summed E-state index contributed by atoms with van der Waals surface area (Å²) in [6, 6.07) is 0.973. The Labute approximate surface area is 140 Å². The summed E-state index contributed by atoms with van der Waals surface area (Å²) in [7, 11) is 0. The number of piperidine rings is 1. The van der Waals surface area contributed by atoms with Crippen molar-refractivity contribution < 1.29 is 0 Å². The van der Waals surface area contributed by atoms with Crippen molar-refractivity contribution in [3.63, 3.8) is 0 Å². The van der Waals surface area contributed by atoms with E-state index in [1.807, 2.05) is 0 Å². The molecule has 0 amide bonds. The number of likely N-dealkylation sites (tertiary alicyclic amines) is 1. The Kier molecular flexibility index (Phi) is 9.56. The van der Waals surface area contributed by atoms with E-state index in [1.54, 1.807) is 0 Å². The molecule has 1 saturated carbocycles. The van der Waals surface area contributed by atoms with Crippen LogP contribution in [0.25, 0.3) is 0 Å². The minimum Gasteiger partial charge on any atom is -0.300 e. The second-order valence-electron chi connectivity index (χ2n) is 7.97. The van der Waals surface area contributed by atoms with Gasteiger partial charge >= 0.3 is 0 Å². The Morgan fingerprint density at radius 2 is 1.27 bits per heavy atom. The molecular weight excluding hydrogens is 266 g/mol. The molecule has 0 aromatic carbocycles. The normalized spacial score (nSPS) is 26.0. The van der Waals surface area contributed by atoms with Crippen LogP contribution in [0.5, 0.6) is 0 Å². The first kappa shape index (κ1) is 18.3. The second-order valence-corrected chi connectivity index (χ2v) is 7.97. The van der Waals surface area contributed by atoms with Crippen LogP contribution >= 0.6 is 0 Å². The van der Waals surface area contributed by atoms with E-state index in [9.17, 15) is 0 Å². The molecule has 130 valence electrons. The summed E-state index contributed by atoms with van der Waals surface area (Å²) in [6.45, 7) is 5.11. The molecule has 0 N–H and O–H groups in total. The standard InChI is InChI=1S/C21H41N/c1-2-3-4-5-6-7-8-9-10-13-18-22-19-14-16-20-15-11-12-17-21(20)22/h20-21H,2-19H2,1H3. The third-order valence-corrected chi connectivity index (χ3v) is 6.16. The highest BCUT2D eigenvalue weighted by Crippen LogP contribution is 2.35. The molecular formula is C21H41N. The van der Waals surface area contributed by atoms with Gasteiger partial charge in [-0.3, -0.25) is 0 Å². The third kappa shape index (κ3) is 6.60. The first-order valence-corrected chi connectivity index (χ1v) is 10.7. The smallest absolute Gasteiger partial charge is 0.0123 e. The van der Waals surface area contributed by atoms with Gasteiger partial charge in [0, 0.05) is 6.04 Å². The lowest BCUT2D eigenvalue weighted by molar-refractivity contribution is 0.0595. The predicted molar refractivity (Wildman–Crippen MR) is 98.4 cm³/mol. The minimum absolute atomic E-state index is 0.973. The summed E-state index contributed by atoms with van der Waals surface area (Å²) in [5, 5.41) is 0. The van der Waals surface area contributed by atoms with Crippen molar-refractivity contribution >= 4 is 0 Å². The van der Waals surface area contributed by atoms with E-state index in [0.29, 0.717) is 0 Å². The molecule has 2 unspecified atom stereocenters. The van der Waals surface area contributed by atoms with Gasteiger partial charge in [0.2, 0.25) is 0 Å². The highest BCUT2D eigenvalue weighted by Gasteiger charge is 2.32. The molecule has 0 bridgehead atoms. The molecule has 2 fully saturated rings. The van der Waals surface area contributed by atoms with E-state index in [0.717, 1.165) is 12.0 Å². The topological polar surface area (TPSA) is 3.24 Å².